The van der Waals surface area contributed by atoms with Crippen molar-refractivity contribution in [1.82, 2.24) is 4.90 Å². The van der Waals surface area contributed by atoms with Crippen LogP contribution in [0.3, 0.4) is 0 Å². The fraction of sp³-hybridized carbons (Fsp3) is 0.333. The summed E-state index contributed by atoms with van der Waals surface area (Å²) in [7, 11) is 0. The van der Waals surface area contributed by atoms with Crippen molar-refractivity contribution >= 4 is 11.7 Å². The van der Waals surface area contributed by atoms with Crippen LogP contribution < -0.4 is 0 Å². The summed E-state index contributed by atoms with van der Waals surface area (Å²) >= 11 is 0. The molecule has 1 saturated carbocycles. The standard InChI is InChI=1S/C12H12N2O2/c13-11-9-3-1-2-4-10(9)12(16)14(11)7-5-8(15)6-7/h1-4,7-8,13,15H,5-6H2. The molecule has 0 saturated heterocycles. The van der Waals surface area contributed by atoms with Crippen LogP contribution in [0.5, 0.6) is 0 Å². The molecule has 1 heterocycles. The van der Waals surface area contributed by atoms with Gasteiger partial charge in [0.25, 0.3) is 5.91 Å². The fourth-order valence-corrected chi connectivity index (χ4v) is 2.36. The lowest BCUT2D eigenvalue weighted by Crippen LogP contribution is -2.49. The van der Waals surface area contributed by atoms with Gasteiger partial charge in [-0.15, -0.1) is 0 Å². The van der Waals surface area contributed by atoms with Crippen LogP contribution in [0.15, 0.2) is 24.3 Å². The number of aliphatic hydroxyl groups excluding tert-OH is 1. The van der Waals surface area contributed by atoms with Gasteiger partial charge in [0.1, 0.15) is 5.84 Å². The van der Waals surface area contributed by atoms with Crippen molar-refractivity contribution in [2.24, 2.45) is 0 Å². The minimum atomic E-state index is -0.311. The Balaban J connectivity index is 1.96. The highest BCUT2D eigenvalue weighted by Crippen LogP contribution is 2.32. The molecule has 1 amide bonds. The highest BCUT2D eigenvalue weighted by molar-refractivity contribution is 6.22. The Morgan fingerprint density at radius 2 is 1.88 bits per heavy atom. The van der Waals surface area contributed by atoms with Crippen molar-refractivity contribution in [3.63, 3.8) is 0 Å². The number of benzene rings is 1. The average molecular weight is 216 g/mol. The van der Waals surface area contributed by atoms with Gasteiger partial charge in [-0.25, -0.2) is 0 Å². The molecule has 0 bridgehead atoms. The van der Waals surface area contributed by atoms with Crippen LogP contribution in [-0.4, -0.2) is 33.9 Å². The van der Waals surface area contributed by atoms with Crippen molar-refractivity contribution in [1.29, 1.82) is 5.41 Å². The second kappa shape index (κ2) is 3.15. The summed E-state index contributed by atoms with van der Waals surface area (Å²) in [6.45, 7) is 0. The summed E-state index contributed by atoms with van der Waals surface area (Å²) in [6.07, 6.45) is 0.860. The fourth-order valence-electron chi connectivity index (χ4n) is 2.36. The van der Waals surface area contributed by atoms with Gasteiger partial charge in [0.15, 0.2) is 0 Å². The lowest BCUT2D eigenvalue weighted by atomic mass is 9.88. The Morgan fingerprint density at radius 3 is 2.44 bits per heavy atom. The second-order valence-corrected chi connectivity index (χ2v) is 4.35. The quantitative estimate of drug-likeness (QED) is 0.735. The molecule has 4 heteroatoms. The summed E-state index contributed by atoms with van der Waals surface area (Å²) in [5.41, 5.74) is 1.31. The van der Waals surface area contributed by atoms with E-state index in [9.17, 15) is 9.90 Å². The Morgan fingerprint density at radius 1 is 1.25 bits per heavy atom. The zero-order valence-electron chi connectivity index (χ0n) is 8.68. The van der Waals surface area contributed by atoms with Crippen molar-refractivity contribution in [2.75, 3.05) is 0 Å². The van der Waals surface area contributed by atoms with Gasteiger partial charge in [0, 0.05) is 11.6 Å². The van der Waals surface area contributed by atoms with Crippen LogP contribution in [0, 0.1) is 5.41 Å². The van der Waals surface area contributed by atoms with Crippen LogP contribution >= 0.6 is 0 Å². The molecule has 0 unspecified atom stereocenters. The number of hydrogen-bond acceptors (Lipinski definition) is 3. The Labute approximate surface area is 93.0 Å². The molecule has 1 aliphatic carbocycles. The van der Waals surface area contributed by atoms with Gasteiger partial charge in [-0.05, 0) is 18.9 Å². The lowest BCUT2D eigenvalue weighted by molar-refractivity contribution is 0.0272. The molecule has 3 rings (SSSR count). The van der Waals surface area contributed by atoms with Crippen LogP contribution in [0.25, 0.3) is 0 Å². The Kier molecular flexibility index (Phi) is 1.88. The minimum absolute atomic E-state index is 0.00222. The first-order valence-electron chi connectivity index (χ1n) is 5.38. The summed E-state index contributed by atoms with van der Waals surface area (Å²) in [4.78, 5) is 13.6. The van der Waals surface area contributed by atoms with E-state index in [4.69, 9.17) is 5.41 Å². The van der Waals surface area contributed by atoms with Gasteiger partial charge in [-0.2, -0.15) is 0 Å². The number of amidine groups is 1. The predicted molar refractivity (Wildman–Crippen MR) is 58.5 cm³/mol. The maximum Gasteiger partial charge on any atom is 0.260 e. The highest BCUT2D eigenvalue weighted by atomic mass is 16.3. The predicted octanol–water partition coefficient (Wildman–Crippen LogP) is 0.991. The van der Waals surface area contributed by atoms with Gasteiger partial charge in [-0.3, -0.25) is 15.1 Å². The molecule has 2 N–H and O–H groups in total. The van der Waals surface area contributed by atoms with E-state index in [0.717, 1.165) is 0 Å². The second-order valence-electron chi connectivity index (χ2n) is 4.35. The van der Waals surface area contributed by atoms with E-state index in [2.05, 4.69) is 0 Å². The lowest BCUT2D eigenvalue weighted by Gasteiger charge is -2.38. The van der Waals surface area contributed by atoms with Crippen molar-refractivity contribution < 1.29 is 9.90 Å². The first-order valence-corrected chi connectivity index (χ1v) is 5.38. The van der Waals surface area contributed by atoms with E-state index < -0.39 is 0 Å². The first-order chi connectivity index (χ1) is 7.68. The van der Waals surface area contributed by atoms with E-state index in [0.29, 0.717) is 24.0 Å². The molecule has 16 heavy (non-hydrogen) atoms. The SMILES string of the molecule is N=C1c2ccccc2C(=O)N1C1CC(O)C1. The van der Waals surface area contributed by atoms with E-state index in [-0.39, 0.29) is 23.9 Å². The van der Waals surface area contributed by atoms with Gasteiger partial charge in [-0.1, -0.05) is 18.2 Å². The Hall–Kier alpha value is -1.68. The molecule has 82 valence electrons. The zero-order chi connectivity index (χ0) is 11.3. The molecule has 0 radical (unpaired) electrons. The number of fused-ring (bicyclic) bond motifs is 1. The molecule has 0 aromatic heterocycles. The first kappa shape index (κ1) is 9.54. The molecule has 1 aliphatic heterocycles. The summed E-state index contributed by atoms with van der Waals surface area (Å²) in [5.74, 6) is 0.176. The molecular formula is C12H12N2O2. The maximum absolute atomic E-state index is 12.1. The summed E-state index contributed by atoms with van der Waals surface area (Å²) < 4.78 is 0. The average Bonchev–Trinajstić information content (AvgIpc) is 2.49. The third kappa shape index (κ3) is 1.13. The maximum atomic E-state index is 12.1. The van der Waals surface area contributed by atoms with Crippen LogP contribution in [0.4, 0.5) is 0 Å². The third-order valence-electron chi connectivity index (χ3n) is 3.33. The molecule has 1 aromatic carbocycles. The molecular weight excluding hydrogens is 204 g/mol. The third-order valence-corrected chi connectivity index (χ3v) is 3.33. The summed E-state index contributed by atoms with van der Waals surface area (Å²) in [5, 5.41) is 17.2. The number of rotatable bonds is 1. The van der Waals surface area contributed by atoms with Gasteiger partial charge < -0.3 is 5.11 Å². The number of carbonyl (C=O) groups is 1. The van der Waals surface area contributed by atoms with Crippen LogP contribution in [-0.2, 0) is 0 Å². The zero-order valence-corrected chi connectivity index (χ0v) is 8.68. The number of nitrogens with zero attached hydrogens (tertiary/aromatic N) is 1. The molecule has 4 nitrogen and oxygen atoms in total. The topological polar surface area (TPSA) is 64.4 Å². The highest BCUT2D eigenvalue weighted by Gasteiger charge is 2.42. The van der Waals surface area contributed by atoms with E-state index in [1.165, 1.54) is 4.90 Å². The van der Waals surface area contributed by atoms with Crippen molar-refractivity contribution in [3.05, 3.63) is 35.4 Å². The van der Waals surface area contributed by atoms with Crippen molar-refractivity contribution in [3.8, 4) is 0 Å². The van der Waals surface area contributed by atoms with Gasteiger partial charge in [0.05, 0.1) is 11.7 Å². The van der Waals surface area contributed by atoms with Gasteiger partial charge >= 0.3 is 0 Å². The number of nitrogens with one attached hydrogen (secondary N) is 1. The van der Waals surface area contributed by atoms with E-state index in [1.54, 1.807) is 12.1 Å². The smallest absolute Gasteiger partial charge is 0.260 e. The Bertz CT molecular complexity index is 443. The van der Waals surface area contributed by atoms with E-state index >= 15 is 0 Å². The number of aliphatic hydroxyl groups is 1. The van der Waals surface area contributed by atoms with Crippen LogP contribution in [0.2, 0.25) is 0 Å². The van der Waals surface area contributed by atoms with Crippen LogP contribution in [0.1, 0.15) is 28.8 Å². The molecule has 1 fully saturated rings. The molecule has 2 aliphatic rings. The monoisotopic (exact) mass is 216 g/mol. The number of amides is 1. The summed E-state index contributed by atoms with van der Waals surface area (Å²) in [6, 6.07) is 7.19. The number of carbonyl (C=O) groups excluding carboxylic acids is 1. The van der Waals surface area contributed by atoms with E-state index in [1.807, 2.05) is 12.1 Å². The van der Waals surface area contributed by atoms with Gasteiger partial charge in [0.2, 0.25) is 0 Å². The number of hydrogen-bond donors (Lipinski definition) is 2. The largest absolute Gasteiger partial charge is 0.393 e. The van der Waals surface area contributed by atoms with Crippen molar-refractivity contribution in [2.45, 2.75) is 25.0 Å². The molecule has 1 aromatic rings. The molecule has 0 spiro atoms. The minimum Gasteiger partial charge on any atom is -0.393 e. The molecule has 0 atom stereocenters. The normalized spacial score (nSPS) is 27.9.